The van der Waals surface area contributed by atoms with Crippen LogP contribution < -0.4 is 14.8 Å². The van der Waals surface area contributed by atoms with Gasteiger partial charge in [-0.05, 0) is 12.1 Å². The van der Waals surface area contributed by atoms with E-state index in [1.54, 1.807) is 41.8 Å². The van der Waals surface area contributed by atoms with E-state index < -0.39 is 14.3 Å². The van der Waals surface area contributed by atoms with Crippen LogP contribution in [0.1, 0.15) is 13.2 Å². The second kappa shape index (κ2) is 7.01. The number of benzene rings is 1. The molecule has 18 heavy (non-hydrogen) atoms. The Morgan fingerprint density at radius 2 is 2.00 bits per heavy atom. The maximum atomic E-state index is 10.2. The molecular formula is C12H16N2O3P+. The van der Waals surface area contributed by atoms with Gasteiger partial charge in [-0.3, -0.25) is 0 Å². The van der Waals surface area contributed by atoms with Crippen molar-refractivity contribution in [1.82, 2.24) is 4.57 Å². The number of aliphatic hydroxyl groups excluding tert-OH is 1. The minimum Gasteiger partial charge on any atom is -0.591 e. The van der Waals surface area contributed by atoms with Crippen LogP contribution in [0.5, 0.6) is 0 Å². The van der Waals surface area contributed by atoms with Crippen LogP contribution in [0, 0.1) is 0 Å². The maximum absolute atomic E-state index is 10.2. The highest BCUT2D eigenvalue weighted by Crippen LogP contribution is 2.04. The molecule has 0 bridgehead atoms. The maximum Gasteiger partial charge on any atom is 0.348 e. The number of aliphatic hydroxyl groups is 1. The average molecular weight is 267 g/mol. The van der Waals surface area contributed by atoms with Gasteiger partial charge in [-0.2, -0.15) is 0 Å². The first-order valence-corrected chi connectivity index (χ1v) is 6.58. The molecule has 1 aromatic heterocycles. The molecular weight excluding hydrogens is 251 g/mol. The zero-order valence-corrected chi connectivity index (χ0v) is 11.2. The Morgan fingerprint density at radius 1 is 1.39 bits per heavy atom. The lowest BCUT2D eigenvalue weighted by Gasteiger charge is -1.94. The lowest BCUT2D eigenvalue weighted by molar-refractivity contribution is -0.671. The molecule has 0 saturated carbocycles. The van der Waals surface area contributed by atoms with Gasteiger partial charge in [0.15, 0.2) is 11.5 Å². The van der Waals surface area contributed by atoms with Gasteiger partial charge in [-0.1, -0.05) is 22.8 Å². The molecule has 2 rings (SSSR count). The van der Waals surface area contributed by atoms with Crippen LogP contribution in [0.25, 0.3) is 0 Å². The van der Waals surface area contributed by atoms with Gasteiger partial charge in [-0.15, -0.1) is 0 Å². The highest BCUT2D eigenvalue weighted by molar-refractivity contribution is 7.45. The minimum atomic E-state index is -2.40. The van der Waals surface area contributed by atoms with Crippen LogP contribution in [0.3, 0.4) is 0 Å². The van der Waals surface area contributed by atoms with E-state index in [0.29, 0.717) is 5.30 Å². The van der Waals surface area contributed by atoms with Crippen molar-refractivity contribution in [2.24, 2.45) is 7.05 Å². The number of rotatable bonds is 2. The van der Waals surface area contributed by atoms with Gasteiger partial charge in [-0.25, -0.2) is 9.13 Å². The van der Waals surface area contributed by atoms with E-state index in [1.807, 2.05) is 30.3 Å². The molecule has 0 spiro atoms. The van der Waals surface area contributed by atoms with Crippen molar-refractivity contribution < 1.29 is 19.1 Å². The first kappa shape index (κ1) is 14.5. The lowest BCUT2D eigenvalue weighted by atomic mass is 10.4. The molecule has 0 aliphatic carbocycles. The monoisotopic (exact) mass is 267 g/mol. The van der Waals surface area contributed by atoms with E-state index >= 15 is 0 Å². The molecule has 6 heteroatoms. The first-order valence-electron chi connectivity index (χ1n) is 5.41. The van der Waals surface area contributed by atoms with Gasteiger partial charge < -0.3 is 10.00 Å². The van der Waals surface area contributed by atoms with Crippen LogP contribution in [0.15, 0.2) is 49.1 Å². The Morgan fingerprint density at radius 3 is 2.28 bits per heavy atom. The molecule has 5 nitrogen and oxygen atoms in total. The Labute approximate surface area is 107 Å². The molecule has 0 amide bonds. The van der Waals surface area contributed by atoms with Crippen molar-refractivity contribution in [3.8, 4) is 0 Å². The van der Waals surface area contributed by atoms with Crippen LogP contribution in [-0.4, -0.2) is 9.67 Å². The fourth-order valence-corrected chi connectivity index (χ4v) is 1.66. The molecule has 1 N–H and O–H groups in total. The number of aromatic nitrogens is 2. The van der Waals surface area contributed by atoms with Crippen molar-refractivity contribution in [1.29, 1.82) is 0 Å². The summed E-state index contributed by atoms with van der Waals surface area (Å²) in [6.45, 7) is 1.72. The summed E-state index contributed by atoms with van der Waals surface area (Å²) in [4.78, 5) is 10.2. The third-order valence-corrected chi connectivity index (χ3v) is 2.91. The van der Waals surface area contributed by atoms with Gasteiger partial charge in [0.05, 0.1) is 7.05 Å². The Kier molecular flexibility index (Phi) is 5.65. The summed E-state index contributed by atoms with van der Waals surface area (Å²) >= 11 is 0. The number of hydrogen-bond acceptors (Lipinski definition) is 3. The van der Waals surface area contributed by atoms with E-state index in [-0.39, 0.29) is 0 Å². The number of aryl methyl sites for hydroxylation is 1. The van der Waals surface area contributed by atoms with Crippen molar-refractivity contribution in [3.05, 3.63) is 49.1 Å². The lowest BCUT2D eigenvalue weighted by Crippen LogP contribution is -2.24. The predicted molar refractivity (Wildman–Crippen MR) is 66.2 cm³/mol. The minimum absolute atomic E-state index is 0.368. The zero-order chi connectivity index (χ0) is 13.5. The zero-order valence-electron chi connectivity index (χ0n) is 10.3. The van der Waals surface area contributed by atoms with Gasteiger partial charge in [0, 0.05) is 6.92 Å². The highest BCUT2D eigenvalue weighted by atomic mass is 31.1. The van der Waals surface area contributed by atoms with Crippen LogP contribution in [0.4, 0.5) is 0 Å². The molecule has 1 heterocycles. The smallest absolute Gasteiger partial charge is 0.348 e. The van der Waals surface area contributed by atoms with Crippen molar-refractivity contribution >= 4 is 13.3 Å². The fraction of sp³-hybridized carbons (Fsp3) is 0.250. The Hall–Kier alpha value is -1.55. The predicted octanol–water partition coefficient (Wildman–Crippen LogP) is 0.238. The summed E-state index contributed by atoms with van der Waals surface area (Å²) in [5.74, 6) is 0. The number of nitrogens with zero attached hydrogens (tertiary/aromatic N) is 2. The van der Waals surface area contributed by atoms with Gasteiger partial charge in [0.2, 0.25) is 6.33 Å². The third kappa shape index (κ3) is 4.75. The molecule has 2 unspecified atom stereocenters. The molecule has 0 radical (unpaired) electrons. The second-order valence-corrected chi connectivity index (χ2v) is 4.78. The molecule has 0 fully saturated rings. The summed E-state index contributed by atoms with van der Waals surface area (Å²) in [6, 6.07) is 8.29. The quantitative estimate of drug-likeness (QED) is 0.626. The largest absolute Gasteiger partial charge is 0.591 e. The van der Waals surface area contributed by atoms with E-state index in [9.17, 15) is 9.46 Å². The van der Waals surface area contributed by atoms with E-state index in [2.05, 4.69) is 0 Å². The Balaban J connectivity index is 0.000000180. The van der Waals surface area contributed by atoms with E-state index in [1.165, 1.54) is 0 Å². The summed E-state index contributed by atoms with van der Waals surface area (Å²) in [5.41, 5.74) is 0. The Bertz CT molecular complexity index is 497. The topological polar surface area (TPSA) is 69.2 Å². The van der Waals surface area contributed by atoms with Crippen LogP contribution >= 0.6 is 8.03 Å². The fourth-order valence-electron chi connectivity index (χ4n) is 1.24. The van der Waals surface area contributed by atoms with Crippen LogP contribution in [-0.2, 0) is 11.6 Å². The standard InChI is InChI=1S/C6H11N2O.C6H5O2P/c1-6(9)8-4-3-7(2)5-8;7-9(8)6-4-2-1-3-5-6/h3-6,9H,1-2H3;1-5H/q+1;. The highest BCUT2D eigenvalue weighted by Gasteiger charge is 2.03. The van der Waals surface area contributed by atoms with Crippen LogP contribution in [0.2, 0.25) is 0 Å². The third-order valence-electron chi connectivity index (χ3n) is 2.19. The molecule has 2 atom stereocenters. The van der Waals surface area contributed by atoms with E-state index in [0.717, 1.165) is 0 Å². The normalized spacial score (nSPS) is 12.3. The van der Waals surface area contributed by atoms with Crippen molar-refractivity contribution in [2.45, 2.75) is 13.2 Å². The van der Waals surface area contributed by atoms with E-state index in [4.69, 9.17) is 5.11 Å². The summed E-state index contributed by atoms with van der Waals surface area (Å²) in [6.07, 6.45) is 5.10. The summed E-state index contributed by atoms with van der Waals surface area (Å²) in [5, 5.41) is 9.35. The average Bonchev–Trinajstić information content (AvgIpc) is 2.78. The SMILES string of the molecule is CC(O)n1cc[n+](C)c1.O=[P+]([O-])c1ccccc1. The van der Waals surface area contributed by atoms with Gasteiger partial charge in [0.25, 0.3) is 0 Å². The van der Waals surface area contributed by atoms with Gasteiger partial charge in [0.1, 0.15) is 12.4 Å². The number of hydrogen-bond donors (Lipinski definition) is 1. The molecule has 0 aliphatic heterocycles. The number of imidazole rings is 1. The first-order chi connectivity index (χ1) is 8.50. The second-order valence-electron chi connectivity index (χ2n) is 3.75. The summed E-state index contributed by atoms with van der Waals surface area (Å²) < 4.78 is 13.8. The van der Waals surface area contributed by atoms with Crippen molar-refractivity contribution in [3.63, 3.8) is 0 Å². The van der Waals surface area contributed by atoms with Crippen molar-refractivity contribution in [2.75, 3.05) is 0 Å². The molecule has 96 valence electrons. The van der Waals surface area contributed by atoms with Gasteiger partial charge >= 0.3 is 8.03 Å². The molecule has 1 aromatic carbocycles. The molecule has 0 saturated heterocycles. The molecule has 0 aliphatic rings. The molecule has 2 aromatic rings. The summed E-state index contributed by atoms with van der Waals surface area (Å²) in [7, 11) is -0.480.